The number of hydrogen-bond acceptors (Lipinski definition) is 5. The number of likely N-dealkylation sites (tertiary alicyclic amines) is 2. The van der Waals surface area contributed by atoms with Crippen LogP contribution in [0.25, 0.3) is 0 Å². The van der Waals surface area contributed by atoms with E-state index in [0.29, 0.717) is 13.0 Å². The highest BCUT2D eigenvalue weighted by atomic mass is 16.6. The van der Waals surface area contributed by atoms with Gasteiger partial charge in [-0.05, 0) is 24.8 Å². The van der Waals surface area contributed by atoms with Gasteiger partial charge in [0.05, 0.1) is 6.10 Å². The van der Waals surface area contributed by atoms with E-state index in [2.05, 4.69) is 4.90 Å². The highest BCUT2D eigenvalue weighted by Gasteiger charge is 2.46. The first-order valence-corrected chi connectivity index (χ1v) is 9.07. The van der Waals surface area contributed by atoms with Gasteiger partial charge in [-0.3, -0.25) is 9.80 Å². The lowest BCUT2D eigenvalue weighted by Crippen LogP contribution is -2.53. The van der Waals surface area contributed by atoms with E-state index in [0.717, 1.165) is 31.5 Å². The lowest BCUT2D eigenvalue weighted by atomic mass is 10.0. The molecule has 2 heterocycles. The van der Waals surface area contributed by atoms with Crippen molar-refractivity contribution in [2.45, 2.75) is 44.1 Å². The van der Waals surface area contributed by atoms with Crippen LogP contribution >= 0.6 is 0 Å². The van der Waals surface area contributed by atoms with Crippen molar-refractivity contribution >= 4 is 12.1 Å². The van der Waals surface area contributed by atoms with Crippen LogP contribution in [0.2, 0.25) is 0 Å². The fraction of sp³-hybridized carbons (Fsp3) is 0.579. The SMILES string of the molecule is COC1CCN([C@H]2CCN(C(=O)OCc3ccccc3)[C@H]2C(=O)O)CC1. The highest BCUT2D eigenvalue weighted by molar-refractivity contribution is 5.81. The van der Waals surface area contributed by atoms with Crippen molar-refractivity contribution in [1.29, 1.82) is 0 Å². The minimum atomic E-state index is -0.974. The normalized spacial score (nSPS) is 24.6. The molecule has 2 saturated heterocycles. The highest BCUT2D eigenvalue weighted by Crippen LogP contribution is 2.27. The predicted molar refractivity (Wildman–Crippen MR) is 94.8 cm³/mol. The Morgan fingerprint density at radius 1 is 1.12 bits per heavy atom. The Labute approximate surface area is 153 Å². The predicted octanol–water partition coefficient (Wildman–Crippen LogP) is 1.96. The molecule has 1 amide bonds. The summed E-state index contributed by atoms with van der Waals surface area (Å²) in [6, 6.07) is 8.34. The number of hydrogen-bond donors (Lipinski definition) is 1. The molecule has 7 nitrogen and oxygen atoms in total. The van der Waals surface area contributed by atoms with Gasteiger partial charge in [-0.25, -0.2) is 9.59 Å². The van der Waals surface area contributed by atoms with Crippen molar-refractivity contribution in [3.63, 3.8) is 0 Å². The van der Waals surface area contributed by atoms with Crippen LogP contribution in [0.5, 0.6) is 0 Å². The Morgan fingerprint density at radius 3 is 2.42 bits per heavy atom. The van der Waals surface area contributed by atoms with Gasteiger partial charge in [0.1, 0.15) is 12.6 Å². The fourth-order valence-corrected chi connectivity index (χ4v) is 3.91. The fourth-order valence-electron chi connectivity index (χ4n) is 3.91. The zero-order chi connectivity index (χ0) is 18.5. The molecule has 1 aromatic rings. The van der Waals surface area contributed by atoms with E-state index in [4.69, 9.17) is 9.47 Å². The van der Waals surface area contributed by atoms with Gasteiger partial charge in [0.25, 0.3) is 0 Å². The second kappa shape index (κ2) is 8.51. The number of methoxy groups -OCH3 is 1. The first-order valence-electron chi connectivity index (χ1n) is 9.07. The molecule has 0 saturated carbocycles. The molecule has 1 N–H and O–H groups in total. The van der Waals surface area contributed by atoms with Crippen LogP contribution < -0.4 is 0 Å². The van der Waals surface area contributed by atoms with Crippen LogP contribution in [-0.2, 0) is 20.9 Å². The maximum atomic E-state index is 12.5. The second-order valence-corrected chi connectivity index (χ2v) is 6.84. The molecule has 2 fully saturated rings. The monoisotopic (exact) mass is 362 g/mol. The molecule has 0 spiro atoms. The van der Waals surface area contributed by atoms with Crippen LogP contribution in [0.15, 0.2) is 30.3 Å². The molecule has 26 heavy (non-hydrogen) atoms. The summed E-state index contributed by atoms with van der Waals surface area (Å²) in [6.07, 6.45) is 2.10. The molecule has 3 rings (SSSR count). The number of piperidine rings is 1. The largest absolute Gasteiger partial charge is 0.480 e. The Morgan fingerprint density at radius 2 is 1.81 bits per heavy atom. The van der Waals surface area contributed by atoms with Crippen molar-refractivity contribution in [3.8, 4) is 0 Å². The van der Waals surface area contributed by atoms with Crippen molar-refractivity contribution in [2.24, 2.45) is 0 Å². The lowest BCUT2D eigenvalue weighted by molar-refractivity contribution is -0.143. The topological polar surface area (TPSA) is 79.3 Å². The van der Waals surface area contributed by atoms with Gasteiger partial charge < -0.3 is 14.6 Å². The van der Waals surface area contributed by atoms with E-state index in [9.17, 15) is 14.7 Å². The number of carbonyl (C=O) groups excluding carboxylic acids is 1. The Balaban J connectivity index is 1.61. The summed E-state index contributed by atoms with van der Waals surface area (Å²) in [5, 5.41) is 9.72. The number of nitrogens with zero attached hydrogens (tertiary/aromatic N) is 2. The Hall–Kier alpha value is -2.12. The van der Waals surface area contributed by atoms with E-state index < -0.39 is 18.1 Å². The van der Waals surface area contributed by atoms with Gasteiger partial charge in [0, 0.05) is 32.8 Å². The number of carbonyl (C=O) groups is 2. The van der Waals surface area contributed by atoms with E-state index in [1.54, 1.807) is 7.11 Å². The number of carboxylic acid groups (broad SMARTS) is 1. The molecule has 0 radical (unpaired) electrons. The molecule has 142 valence electrons. The van der Waals surface area contributed by atoms with Crippen LogP contribution in [0.3, 0.4) is 0 Å². The van der Waals surface area contributed by atoms with Crippen LogP contribution in [-0.4, -0.2) is 71.9 Å². The van der Waals surface area contributed by atoms with E-state index in [1.165, 1.54) is 4.90 Å². The maximum Gasteiger partial charge on any atom is 0.410 e. The number of amides is 1. The lowest BCUT2D eigenvalue weighted by Gasteiger charge is -2.37. The van der Waals surface area contributed by atoms with E-state index in [1.807, 2.05) is 30.3 Å². The molecule has 0 aliphatic carbocycles. The third-order valence-electron chi connectivity index (χ3n) is 5.34. The summed E-state index contributed by atoms with van der Waals surface area (Å²) in [6.45, 7) is 2.13. The number of rotatable bonds is 5. The molecule has 0 unspecified atom stereocenters. The molecule has 1 aromatic carbocycles. The molecular weight excluding hydrogens is 336 g/mol. The third-order valence-corrected chi connectivity index (χ3v) is 5.34. The zero-order valence-corrected chi connectivity index (χ0v) is 15.0. The van der Waals surface area contributed by atoms with Gasteiger partial charge >= 0.3 is 12.1 Å². The minimum Gasteiger partial charge on any atom is -0.480 e. The van der Waals surface area contributed by atoms with E-state index >= 15 is 0 Å². The first-order chi connectivity index (χ1) is 12.6. The average Bonchev–Trinajstić information content (AvgIpc) is 3.12. The standard InChI is InChI=1S/C19H26N2O5/c1-25-15-7-10-20(11-8-15)16-9-12-21(17(16)18(22)23)19(24)26-13-14-5-3-2-4-6-14/h2-6,15-17H,7-13H2,1H3,(H,22,23)/t16-,17+/m0/s1. The van der Waals surface area contributed by atoms with Crippen LogP contribution in [0, 0.1) is 0 Å². The van der Waals surface area contributed by atoms with Gasteiger partial charge in [0.2, 0.25) is 0 Å². The minimum absolute atomic E-state index is 0.145. The van der Waals surface area contributed by atoms with Crippen LogP contribution in [0.1, 0.15) is 24.8 Å². The summed E-state index contributed by atoms with van der Waals surface area (Å²) in [4.78, 5) is 27.9. The van der Waals surface area contributed by atoms with Crippen molar-refractivity contribution in [2.75, 3.05) is 26.7 Å². The summed E-state index contributed by atoms with van der Waals surface area (Å²) in [5.41, 5.74) is 0.880. The molecular formula is C19H26N2O5. The molecule has 2 atom stereocenters. The van der Waals surface area contributed by atoms with Gasteiger partial charge in [0.15, 0.2) is 0 Å². The number of benzene rings is 1. The van der Waals surface area contributed by atoms with Crippen molar-refractivity contribution < 1.29 is 24.2 Å². The third kappa shape index (κ3) is 4.16. The van der Waals surface area contributed by atoms with Gasteiger partial charge in [-0.1, -0.05) is 30.3 Å². The molecule has 0 aromatic heterocycles. The number of ether oxygens (including phenoxy) is 2. The number of carboxylic acids is 1. The molecule has 0 bridgehead atoms. The first kappa shape index (κ1) is 18.7. The molecule has 2 aliphatic heterocycles. The second-order valence-electron chi connectivity index (χ2n) is 6.84. The Bertz CT molecular complexity index is 616. The zero-order valence-electron chi connectivity index (χ0n) is 15.0. The van der Waals surface area contributed by atoms with Crippen molar-refractivity contribution in [3.05, 3.63) is 35.9 Å². The molecule has 2 aliphatic rings. The van der Waals surface area contributed by atoms with Gasteiger partial charge in [-0.2, -0.15) is 0 Å². The average molecular weight is 362 g/mol. The quantitative estimate of drug-likeness (QED) is 0.863. The smallest absolute Gasteiger partial charge is 0.410 e. The summed E-state index contributed by atoms with van der Waals surface area (Å²) >= 11 is 0. The summed E-state index contributed by atoms with van der Waals surface area (Å²) in [7, 11) is 1.71. The van der Waals surface area contributed by atoms with E-state index in [-0.39, 0.29) is 18.8 Å². The van der Waals surface area contributed by atoms with Crippen molar-refractivity contribution in [1.82, 2.24) is 9.80 Å². The van der Waals surface area contributed by atoms with Crippen LogP contribution in [0.4, 0.5) is 4.79 Å². The summed E-state index contributed by atoms with van der Waals surface area (Å²) < 4.78 is 10.7. The number of aliphatic carboxylic acids is 1. The molecule has 7 heteroatoms. The summed E-state index contributed by atoms with van der Waals surface area (Å²) in [5.74, 6) is -0.974. The van der Waals surface area contributed by atoms with Gasteiger partial charge in [-0.15, -0.1) is 0 Å². The Kier molecular flexibility index (Phi) is 6.11. The maximum absolute atomic E-state index is 12.5.